The molecule has 1 aromatic carbocycles. The second kappa shape index (κ2) is 7.67. The van der Waals surface area contributed by atoms with Crippen LogP contribution in [0, 0.1) is 11.3 Å². The topological polar surface area (TPSA) is 58.7 Å². The van der Waals surface area contributed by atoms with Gasteiger partial charge in [0.2, 0.25) is 0 Å². The Kier molecular flexibility index (Phi) is 5.37. The fourth-order valence-electron chi connectivity index (χ4n) is 3.01. The van der Waals surface area contributed by atoms with Gasteiger partial charge in [0.15, 0.2) is 5.16 Å². The number of rotatable bonds is 5. The van der Waals surface area contributed by atoms with Crippen LogP contribution in [0.3, 0.4) is 0 Å². The number of benzene rings is 1. The monoisotopic (exact) mass is 339 g/mol. The van der Waals surface area contributed by atoms with Gasteiger partial charge in [-0.2, -0.15) is 5.26 Å². The number of hydrogen-bond acceptors (Lipinski definition) is 4. The minimum atomic E-state index is -0.238. The van der Waals surface area contributed by atoms with Crippen LogP contribution in [0.25, 0.3) is 10.9 Å². The van der Waals surface area contributed by atoms with Crippen LogP contribution in [0.2, 0.25) is 0 Å². The summed E-state index contributed by atoms with van der Waals surface area (Å²) in [5, 5.41) is 10.2. The molecule has 1 unspecified atom stereocenters. The zero-order chi connectivity index (χ0) is 16.9. The molecule has 1 aliphatic carbocycles. The molecule has 2 aromatic rings. The summed E-state index contributed by atoms with van der Waals surface area (Å²) in [5.74, 6) is 0. The molecule has 0 amide bonds. The van der Waals surface area contributed by atoms with Gasteiger partial charge in [-0.1, -0.05) is 35.5 Å². The molecule has 24 heavy (non-hydrogen) atoms. The summed E-state index contributed by atoms with van der Waals surface area (Å²) in [4.78, 5) is 17.5. The first-order chi connectivity index (χ1) is 11.7. The molecule has 4 nitrogen and oxygen atoms in total. The molecule has 0 N–H and O–H groups in total. The van der Waals surface area contributed by atoms with Gasteiger partial charge in [0, 0.05) is 6.54 Å². The van der Waals surface area contributed by atoms with Gasteiger partial charge in [-0.3, -0.25) is 9.36 Å². The second-order valence-electron chi connectivity index (χ2n) is 6.12. The highest BCUT2D eigenvalue weighted by molar-refractivity contribution is 8.00. The molecule has 1 aliphatic rings. The normalized spacial score (nSPS) is 15.8. The van der Waals surface area contributed by atoms with Crippen molar-refractivity contribution in [2.24, 2.45) is 0 Å². The third-order valence-electron chi connectivity index (χ3n) is 4.33. The molecule has 1 atom stereocenters. The highest BCUT2D eigenvalue weighted by Crippen LogP contribution is 2.24. The maximum absolute atomic E-state index is 12.9. The molecule has 0 bridgehead atoms. The predicted molar refractivity (Wildman–Crippen MR) is 98.1 cm³/mol. The van der Waals surface area contributed by atoms with E-state index in [1.165, 1.54) is 30.2 Å². The number of nitrogens with zero attached hydrogens (tertiary/aromatic N) is 3. The number of fused-ring (bicyclic) bond motifs is 1. The van der Waals surface area contributed by atoms with E-state index in [1.54, 1.807) is 4.57 Å². The molecule has 3 rings (SSSR count). The van der Waals surface area contributed by atoms with E-state index in [1.807, 2.05) is 31.2 Å². The van der Waals surface area contributed by atoms with Crippen molar-refractivity contribution in [2.45, 2.75) is 56.0 Å². The molecule has 0 aliphatic heterocycles. The van der Waals surface area contributed by atoms with E-state index in [0.29, 0.717) is 22.6 Å². The Morgan fingerprint density at radius 2 is 2.21 bits per heavy atom. The van der Waals surface area contributed by atoms with Crippen molar-refractivity contribution < 1.29 is 0 Å². The Bertz CT molecular complexity index is 863. The zero-order valence-electron chi connectivity index (χ0n) is 13.9. The lowest BCUT2D eigenvalue weighted by molar-refractivity contribution is 0.569. The molecule has 0 radical (unpaired) electrons. The van der Waals surface area contributed by atoms with E-state index in [9.17, 15) is 4.79 Å². The van der Waals surface area contributed by atoms with Gasteiger partial charge in [-0.15, -0.1) is 0 Å². The standard InChI is InChI=1S/C19H21N3OS/c1-14(13-20)24-19-21-17-10-6-5-9-16(17)18(23)22(19)12-11-15-7-3-2-4-8-15/h5-7,9-10,14H,2-4,8,11-12H2,1H3. The Balaban J connectivity index is 1.97. The molecule has 0 spiro atoms. The van der Waals surface area contributed by atoms with Crippen LogP contribution in [0.5, 0.6) is 0 Å². The lowest BCUT2D eigenvalue weighted by atomic mass is 9.97. The molecule has 1 heterocycles. The Hall–Kier alpha value is -2.06. The van der Waals surface area contributed by atoms with Crippen molar-refractivity contribution in [1.29, 1.82) is 5.26 Å². The van der Waals surface area contributed by atoms with E-state index in [-0.39, 0.29) is 10.8 Å². The average molecular weight is 339 g/mol. The number of aromatic nitrogens is 2. The number of nitriles is 1. The number of thioether (sulfide) groups is 1. The molecular weight excluding hydrogens is 318 g/mol. The summed E-state index contributed by atoms with van der Waals surface area (Å²) in [5.41, 5.74) is 2.12. The lowest BCUT2D eigenvalue weighted by Crippen LogP contribution is -2.24. The van der Waals surface area contributed by atoms with Crippen molar-refractivity contribution in [2.75, 3.05) is 0 Å². The van der Waals surface area contributed by atoms with Crippen molar-refractivity contribution in [3.8, 4) is 6.07 Å². The SMILES string of the molecule is CC(C#N)Sc1nc2ccccc2c(=O)n1CCC1=CCCCC1. The van der Waals surface area contributed by atoms with Crippen LogP contribution in [-0.2, 0) is 6.54 Å². The fraction of sp³-hybridized carbons (Fsp3) is 0.421. The largest absolute Gasteiger partial charge is 0.287 e. The summed E-state index contributed by atoms with van der Waals surface area (Å²) in [7, 11) is 0. The smallest absolute Gasteiger partial charge is 0.262 e. The second-order valence-corrected chi connectivity index (χ2v) is 7.42. The molecule has 0 fully saturated rings. The molecule has 0 saturated carbocycles. The molecule has 0 saturated heterocycles. The first kappa shape index (κ1) is 16.8. The van der Waals surface area contributed by atoms with E-state index >= 15 is 0 Å². The quantitative estimate of drug-likeness (QED) is 0.463. The Morgan fingerprint density at radius 1 is 1.38 bits per heavy atom. The molecule has 124 valence electrons. The summed E-state index contributed by atoms with van der Waals surface area (Å²) < 4.78 is 1.75. The average Bonchev–Trinajstić information content (AvgIpc) is 2.62. The van der Waals surface area contributed by atoms with Crippen LogP contribution < -0.4 is 5.56 Å². The number of allylic oxidation sites excluding steroid dienone is 2. The van der Waals surface area contributed by atoms with Crippen LogP contribution in [0.1, 0.15) is 39.0 Å². The molecule has 5 heteroatoms. The van der Waals surface area contributed by atoms with Crippen molar-refractivity contribution in [3.05, 3.63) is 46.3 Å². The van der Waals surface area contributed by atoms with Crippen LogP contribution >= 0.6 is 11.8 Å². The van der Waals surface area contributed by atoms with Gasteiger partial charge >= 0.3 is 0 Å². The highest BCUT2D eigenvalue weighted by Gasteiger charge is 2.15. The van der Waals surface area contributed by atoms with Gasteiger partial charge in [0.05, 0.1) is 22.2 Å². The Labute approximate surface area is 146 Å². The van der Waals surface area contributed by atoms with Crippen molar-refractivity contribution in [1.82, 2.24) is 9.55 Å². The number of hydrogen-bond donors (Lipinski definition) is 0. The molecular formula is C19H21N3OS. The third-order valence-corrected chi connectivity index (χ3v) is 5.31. The first-order valence-electron chi connectivity index (χ1n) is 8.43. The van der Waals surface area contributed by atoms with Crippen LogP contribution in [-0.4, -0.2) is 14.8 Å². The maximum atomic E-state index is 12.9. The Morgan fingerprint density at radius 3 is 2.96 bits per heavy atom. The lowest BCUT2D eigenvalue weighted by Gasteiger charge is -2.16. The minimum absolute atomic E-state index is 0.00958. The van der Waals surface area contributed by atoms with E-state index in [0.717, 1.165) is 19.3 Å². The molecule has 1 aromatic heterocycles. The van der Waals surface area contributed by atoms with Gasteiger partial charge in [-0.25, -0.2) is 4.98 Å². The number of para-hydroxylation sites is 1. The minimum Gasteiger partial charge on any atom is -0.287 e. The van der Waals surface area contributed by atoms with Gasteiger partial charge < -0.3 is 0 Å². The maximum Gasteiger partial charge on any atom is 0.262 e. The van der Waals surface area contributed by atoms with Gasteiger partial charge in [0.25, 0.3) is 5.56 Å². The fourth-order valence-corrected chi connectivity index (χ4v) is 3.83. The van der Waals surface area contributed by atoms with Crippen molar-refractivity contribution >= 4 is 22.7 Å². The summed E-state index contributed by atoms with van der Waals surface area (Å²) in [6.45, 7) is 2.46. The summed E-state index contributed by atoms with van der Waals surface area (Å²) in [6.07, 6.45) is 7.98. The van der Waals surface area contributed by atoms with Crippen molar-refractivity contribution in [3.63, 3.8) is 0 Å². The summed E-state index contributed by atoms with van der Waals surface area (Å²) >= 11 is 1.36. The van der Waals surface area contributed by atoms with Gasteiger partial charge in [-0.05, 0) is 51.2 Å². The highest BCUT2D eigenvalue weighted by atomic mass is 32.2. The predicted octanol–water partition coefficient (Wildman–Crippen LogP) is 4.29. The summed E-state index contributed by atoms with van der Waals surface area (Å²) in [6, 6.07) is 9.63. The van der Waals surface area contributed by atoms with E-state index < -0.39 is 0 Å². The first-order valence-corrected chi connectivity index (χ1v) is 9.31. The van der Waals surface area contributed by atoms with Gasteiger partial charge in [0.1, 0.15) is 0 Å². The van der Waals surface area contributed by atoms with E-state index in [2.05, 4.69) is 17.1 Å². The van der Waals surface area contributed by atoms with Crippen LogP contribution in [0.15, 0.2) is 45.9 Å². The third kappa shape index (κ3) is 3.70. The zero-order valence-corrected chi connectivity index (χ0v) is 14.7. The van der Waals surface area contributed by atoms with E-state index in [4.69, 9.17) is 5.26 Å². The van der Waals surface area contributed by atoms with Crippen LogP contribution in [0.4, 0.5) is 0 Å².